The Kier molecular flexibility index (Phi) is 5.38. The van der Waals surface area contributed by atoms with Gasteiger partial charge in [-0.3, -0.25) is 0 Å². The van der Waals surface area contributed by atoms with Gasteiger partial charge in [0.2, 0.25) is 0 Å². The van der Waals surface area contributed by atoms with Crippen LogP contribution in [0.1, 0.15) is 55.0 Å². The third-order valence-electron chi connectivity index (χ3n) is 7.02. The molecule has 3 N–H and O–H groups in total. The van der Waals surface area contributed by atoms with Crippen molar-refractivity contribution in [3.05, 3.63) is 53.3 Å². The van der Waals surface area contributed by atoms with Crippen LogP contribution in [-0.4, -0.2) is 22.6 Å². The second-order valence-electron chi connectivity index (χ2n) is 9.03. The Bertz CT molecular complexity index is 1030. The van der Waals surface area contributed by atoms with Gasteiger partial charge in [-0.15, -0.1) is 0 Å². The van der Waals surface area contributed by atoms with Crippen LogP contribution in [0.5, 0.6) is 0 Å². The van der Waals surface area contributed by atoms with Gasteiger partial charge in [-0.05, 0) is 87.0 Å². The summed E-state index contributed by atoms with van der Waals surface area (Å²) >= 11 is 0. The first kappa shape index (κ1) is 19.4. The van der Waals surface area contributed by atoms with Crippen LogP contribution in [0.3, 0.4) is 0 Å². The van der Waals surface area contributed by atoms with Gasteiger partial charge in [0.25, 0.3) is 0 Å². The smallest absolute Gasteiger partial charge is 0.123 e. The number of anilines is 2. The van der Waals surface area contributed by atoms with Gasteiger partial charge in [0.05, 0.1) is 28.7 Å². The normalized spacial score (nSPS) is 18.9. The number of aryl methyl sites for hydroxylation is 2. The fraction of sp³-hybridized carbons (Fsp3) is 0.480. The highest BCUT2D eigenvalue weighted by Crippen LogP contribution is 2.39. The molecule has 30 heavy (non-hydrogen) atoms. The number of benzene rings is 2. The summed E-state index contributed by atoms with van der Waals surface area (Å²) in [7, 11) is 0. The summed E-state index contributed by atoms with van der Waals surface area (Å²) in [6.07, 6.45) is 8.71. The Hall–Kier alpha value is -2.53. The highest BCUT2D eigenvalue weighted by Gasteiger charge is 2.23. The summed E-state index contributed by atoms with van der Waals surface area (Å²) in [4.78, 5) is 4.63. The van der Waals surface area contributed by atoms with Crippen molar-refractivity contribution in [2.75, 3.05) is 23.7 Å². The Morgan fingerprint density at radius 2 is 1.90 bits per heavy atom. The van der Waals surface area contributed by atoms with Gasteiger partial charge >= 0.3 is 0 Å². The summed E-state index contributed by atoms with van der Waals surface area (Å²) < 4.78 is 2.33. The number of imidazole rings is 1. The molecule has 5 heteroatoms. The topological polar surface area (TPSA) is 53.9 Å². The lowest BCUT2D eigenvalue weighted by molar-refractivity contribution is 0.341. The first-order chi connectivity index (χ1) is 14.7. The van der Waals surface area contributed by atoms with Gasteiger partial charge in [0.1, 0.15) is 6.17 Å². The predicted molar refractivity (Wildman–Crippen MR) is 125 cm³/mol. The molecule has 0 radical (unpaired) electrons. The van der Waals surface area contributed by atoms with Crippen molar-refractivity contribution < 1.29 is 0 Å². The number of nitrogens with one attached hydrogen (secondary N) is 3. The second kappa shape index (κ2) is 8.31. The van der Waals surface area contributed by atoms with Crippen molar-refractivity contribution in [1.82, 2.24) is 14.9 Å². The zero-order valence-corrected chi connectivity index (χ0v) is 18.2. The maximum Gasteiger partial charge on any atom is 0.123 e. The minimum atomic E-state index is 0.105. The van der Waals surface area contributed by atoms with E-state index in [9.17, 15) is 0 Å². The number of aromatic nitrogens is 2. The minimum absolute atomic E-state index is 0.105. The molecule has 3 heterocycles. The summed E-state index contributed by atoms with van der Waals surface area (Å²) in [6, 6.07) is 11.0. The van der Waals surface area contributed by atoms with Crippen LogP contribution in [0.25, 0.3) is 11.0 Å². The van der Waals surface area contributed by atoms with Gasteiger partial charge in [-0.2, -0.15) is 0 Å². The lowest BCUT2D eigenvalue weighted by Crippen LogP contribution is -2.27. The molecule has 0 amide bonds. The monoisotopic (exact) mass is 403 g/mol. The summed E-state index contributed by atoms with van der Waals surface area (Å²) in [5.41, 5.74) is 8.64. The summed E-state index contributed by atoms with van der Waals surface area (Å²) in [5, 5.41) is 10.8. The fourth-order valence-electron chi connectivity index (χ4n) is 4.94. The molecule has 2 aliphatic rings. The van der Waals surface area contributed by atoms with Crippen molar-refractivity contribution in [2.45, 2.75) is 58.7 Å². The molecule has 5 rings (SSSR count). The Morgan fingerprint density at radius 1 is 1.03 bits per heavy atom. The Balaban J connectivity index is 1.26. The van der Waals surface area contributed by atoms with Crippen LogP contribution in [0.15, 0.2) is 36.7 Å². The van der Waals surface area contributed by atoms with E-state index in [1.54, 1.807) is 0 Å². The number of piperidine rings is 1. The molecule has 0 saturated carbocycles. The van der Waals surface area contributed by atoms with E-state index in [1.165, 1.54) is 78.8 Å². The van der Waals surface area contributed by atoms with E-state index in [-0.39, 0.29) is 6.17 Å². The molecule has 0 spiro atoms. The summed E-state index contributed by atoms with van der Waals surface area (Å²) in [5.74, 6) is 0.922. The van der Waals surface area contributed by atoms with Gasteiger partial charge < -0.3 is 20.5 Å². The average molecular weight is 404 g/mol. The van der Waals surface area contributed by atoms with Crippen LogP contribution < -0.4 is 16.0 Å². The molecule has 2 aromatic carbocycles. The summed E-state index contributed by atoms with van der Waals surface area (Å²) in [6.45, 7) is 7.81. The lowest BCUT2D eigenvalue weighted by Gasteiger charge is -2.22. The third kappa shape index (κ3) is 3.79. The third-order valence-corrected chi connectivity index (χ3v) is 7.02. The van der Waals surface area contributed by atoms with Crippen molar-refractivity contribution in [1.29, 1.82) is 0 Å². The van der Waals surface area contributed by atoms with Crippen LogP contribution in [-0.2, 0) is 6.54 Å². The van der Waals surface area contributed by atoms with Crippen molar-refractivity contribution in [2.24, 2.45) is 5.92 Å². The molecule has 1 atom stereocenters. The van der Waals surface area contributed by atoms with E-state index >= 15 is 0 Å². The lowest BCUT2D eigenvalue weighted by atomic mass is 9.92. The maximum atomic E-state index is 4.63. The maximum absolute atomic E-state index is 4.63. The van der Waals surface area contributed by atoms with E-state index in [2.05, 4.69) is 69.7 Å². The standard InChI is InChI=1S/C25H33N5/c1-17-6-8-22-24(18(17)2)29-25(28-22)20-7-9-21-23(15-20)30(16-27-21)14-4-3-5-19-10-12-26-13-11-19/h6-9,15-16,19,25-26,28-29H,3-5,10-14H2,1-2H3. The number of nitrogens with zero attached hydrogens (tertiary/aromatic N) is 2. The van der Waals surface area contributed by atoms with Crippen molar-refractivity contribution in [3.8, 4) is 0 Å². The number of hydrogen-bond donors (Lipinski definition) is 3. The Labute approximate surface area is 179 Å². The van der Waals surface area contributed by atoms with Gasteiger partial charge in [-0.25, -0.2) is 4.98 Å². The largest absolute Gasteiger partial charge is 0.360 e. The second-order valence-corrected chi connectivity index (χ2v) is 9.03. The van der Waals surface area contributed by atoms with Crippen LogP contribution in [0.2, 0.25) is 0 Å². The molecular formula is C25H33N5. The first-order valence-electron chi connectivity index (χ1n) is 11.5. The predicted octanol–water partition coefficient (Wildman–Crippen LogP) is 5.36. The van der Waals surface area contributed by atoms with E-state index in [4.69, 9.17) is 0 Å². The first-order valence-corrected chi connectivity index (χ1v) is 11.5. The van der Waals surface area contributed by atoms with Crippen LogP contribution >= 0.6 is 0 Å². The number of hydrogen-bond acceptors (Lipinski definition) is 4. The molecule has 2 aliphatic heterocycles. The van der Waals surface area contributed by atoms with E-state index in [1.807, 2.05) is 6.33 Å². The molecule has 1 aromatic heterocycles. The van der Waals surface area contributed by atoms with Crippen LogP contribution in [0.4, 0.5) is 11.4 Å². The number of rotatable bonds is 6. The highest BCUT2D eigenvalue weighted by atomic mass is 15.2. The zero-order valence-electron chi connectivity index (χ0n) is 18.2. The SMILES string of the molecule is Cc1ccc2c(c1C)NC(c1ccc3ncn(CCCCC4CCNCC4)c3c1)N2. The molecule has 1 unspecified atom stereocenters. The minimum Gasteiger partial charge on any atom is -0.360 e. The van der Waals surface area contributed by atoms with Gasteiger partial charge in [-0.1, -0.05) is 25.0 Å². The Morgan fingerprint density at radius 3 is 2.77 bits per heavy atom. The van der Waals surface area contributed by atoms with Gasteiger partial charge in [0.15, 0.2) is 0 Å². The van der Waals surface area contributed by atoms with Gasteiger partial charge in [0, 0.05) is 6.54 Å². The molecule has 1 fully saturated rings. The van der Waals surface area contributed by atoms with E-state index < -0.39 is 0 Å². The molecule has 0 aliphatic carbocycles. The molecule has 3 aromatic rings. The molecule has 5 nitrogen and oxygen atoms in total. The highest BCUT2D eigenvalue weighted by molar-refractivity contribution is 5.81. The molecule has 1 saturated heterocycles. The van der Waals surface area contributed by atoms with E-state index in [0.717, 1.165) is 18.0 Å². The fourth-order valence-corrected chi connectivity index (χ4v) is 4.94. The van der Waals surface area contributed by atoms with Crippen LogP contribution in [0, 0.1) is 19.8 Å². The quantitative estimate of drug-likeness (QED) is 0.485. The zero-order chi connectivity index (χ0) is 20.5. The molecular weight excluding hydrogens is 370 g/mol. The number of fused-ring (bicyclic) bond motifs is 2. The molecule has 158 valence electrons. The number of unbranched alkanes of at least 4 members (excludes halogenated alkanes) is 1. The average Bonchev–Trinajstić information content (AvgIpc) is 3.39. The molecule has 0 bridgehead atoms. The van der Waals surface area contributed by atoms with Crippen molar-refractivity contribution >= 4 is 22.4 Å². The van der Waals surface area contributed by atoms with Crippen molar-refractivity contribution in [3.63, 3.8) is 0 Å². The van der Waals surface area contributed by atoms with E-state index in [0.29, 0.717) is 0 Å².